The third kappa shape index (κ3) is 4.85. The Balaban J connectivity index is 1.57. The van der Waals surface area contributed by atoms with Crippen LogP contribution in [0.25, 0.3) is 0 Å². The highest BCUT2D eigenvalue weighted by Gasteiger charge is 2.24. The highest BCUT2D eigenvalue weighted by Crippen LogP contribution is 2.24. The molecule has 1 heterocycles. The van der Waals surface area contributed by atoms with Crippen molar-refractivity contribution in [3.05, 3.63) is 77.2 Å². The first-order valence-electron chi connectivity index (χ1n) is 8.24. The fourth-order valence-electron chi connectivity index (χ4n) is 2.49. The van der Waals surface area contributed by atoms with Gasteiger partial charge in [0.15, 0.2) is 6.61 Å². The minimum Gasteiger partial charge on any atom is -0.485 e. The summed E-state index contributed by atoms with van der Waals surface area (Å²) in [6.07, 6.45) is 0. The molecule has 5 nitrogen and oxygen atoms in total. The van der Waals surface area contributed by atoms with E-state index in [4.69, 9.17) is 9.26 Å². The van der Waals surface area contributed by atoms with Crippen LogP contribution in [0, 0.1) is 17.5 Å². The van der Waals surface area contributed by atoms with E-state index in [1.54, 1.807) is 13.8 Å². The number of nitrogens with one attached hydrogen (secondary N) is 1. The van der Waals surface area contributed by atoms with Gasteiger partial charge in [0.1, 0.15) is 23.2 Å². The summed E-state index contributed by atoms with van der Waals surface area (Å²) in [6, 6.07) is 9.02. The first kappa shape index (κ1) is 18.9. The monoisotopic (exact) mass is 377 g/mol. The van der Waals surface area contributed by atoms with Crippen molar-refractivity contribution in [2.75, 3.05) is 0 Å². The van der Waals surface area contributed by atoms with Gasteiger partial charge < -0.3 is 9.26 Å². The van der Waals surface area contributed by atoms with E-state index in [-0.39, 0.29) is 19.0 Å². The molecule has 2 aromatic carbocycles. The molecule has 142 valence electrons. The van der Waals surface area contributed by atoms with Gasteiger partial charge in [-0.3, -0.25) is 5.32 Å². The van der Waals surface area contributed by atoms with Crippen LogP contribution in [0.2, 0.25) is 0 Å². The first-order valence-corrected chi connectivity index (χ1v) is 8.24. The molecule has 0 saturated carbocycles. The lowest BCUT2D eigenvalue weighted by Gasteiger charge is -2.26. The number of benzene rings is 2. The van der Waals surface area contributed by atoms with E-state index in [1.165, 1.54) is 36.4 Å². The Morgan fingerprint density at radius 2 is 1.74 bits per heavy atom. The van der Waals surface area contributed by atoms with Gasteiger partial charge in [0, 0.05) is 17.2 Å². The quantitative estimate of drug-likeness (QED) is 0.672. The van der Waals surface area contributed by atoms with Crippen molar-refractivity contribution in [3.8, 4) is 5.75 Å². The topological polar surface area (TPSA) is 60.2 Å². The number of hydrogen-bond donors (Lipinski definition) is 1. The fourth-order valence-corrected chi connectivity index (χ4v) is 2.49. The van der Waals surface area contributed by atoms with E-state index >= 15 is 0 Å². The van der Waals surface area contributed by atoms with Crippen molar-refractivity contribution >= 4 is 0 Å². The third-order valence-corrected chi connectivity index (χ3v) is 3.98. The van der Waals surface area contributed by atoms with Gasteiger partial charge in [-0.15, -0.1) is 0 Å². The van der Waals surface area contributed by atoms with Crippen molar-refractivity contribution in [2.45, 2.75) is 32.5 Å². The molecular weight excluding hydrogens is 359 g/mol. The summed E-state index contributed by atoms with van der Waals surface area (Å²) in [4.78, 5) is 4.18. The zero-order valence-corrected chi connectivity index (χ0v) is 14.8. The predicted octanol–water partition coefficient (Wildman–Crippen LogP) is 4.09. The van der Waals surface area contributed by atoms with Crippen LogP contribution in [0.5, 0.6) is 5.75 Å². The standard InChI is InChI=1S/C19H18F3N3O2/c1-19(2,15-8-5-13(21)9-16(15)22)23-10-18-24-17(25-27-18)11-26-14-6-3-12(20)4-7-14/h3-9,23H,10-11H2,1-2H3. The zero-order chi connectivity index (χ0) is 19.4. The molecule has 3 aromatic rings. The number of hydrogen-bond acceptors (Lipinski definition) is 5. The molecule has 0 atom stereocenters. The molecule has 0 amide bonds. The van der Waals surface area contributed by atoms with Gasteiger partial charge in [0.25, 0.3) is 0 Å². The van der Waals surface area contributed by atoms with E-state index in [9.17, 15) is 13.2 Å². The third-order valence-electron chi connectivity index (χ3n) is 3.98. The average molecular weight is 377 g/mol. The van der Waals surface area contributed by atoms with E-state index in [1.807, 2.05) is 0 Å². The van der Waals surface area contributed by atoms with Crippen LogP contribution in [0.3, 0.4) is 0 Å². The summed E-state index contributed by atoms with van der Waals surface area (Å²) >= 11 is 0. The second-order valence-corrected chi connectivity index (χ2v) is 6.45. The molecule has 0 spiro atoms. The van der Waals surface area contributed by atoms with Crippen LogP contribution >= 0.6 is 0 Å². The second-order valence-electron chi connectivity index (χ2n) is 6.45. The average Bonchev–Trinajstić information content (AvgIpc) is 3.07. The van der Waals surface area contributed by atoms with Gasteiger partial charge in [-0.25, -0.2) is 13.2 Å². The van der Waals surface area contributed by atoms with Gasteiger partial charge >= 0.3 is 0 Å². The largest absolute Gasteiger partial charge is 0.485 e. The van der Waals surface area contributed by atoms with Crippen LogP contribution in [0.15, 0.2) is 47.0 Å². The molecule has 0 radical (unpaired) electrons. The number of halogens is 3. The first-order chi connectivity index (χ1) is 12.8. The molecule has 0 unspecified atom stereocenters. The highest BCUT2D eigenvalue weighted by atomic mass is 19.1. The summed E-state index contributed by atoms with van der Waals surface area (Å²) in [6.45, 7) is 3.77. The predicted molar refractivity (Wildman–Crippen MR) is 91.3 cm³/mol. The molecule has 3 rings (SSSR count). The Kier molecular flexibility index (Phi) is 5.46. The Hall–Kier alpha value is -2.87. The Morgan fingerprint density at radius 1 is 1.04 bits per heavy atom. The van der Waals surface area contributed by atoms with Crippen LogP contribution in [0.1, 0.15) is 31.1 Å². The molecular formula is C19H18F3N3O2. The minimum absolute atomic E-state index is 0.0606. The highest BCUT2D eigenvalue weighted by molar-refractivity contribution is 5.25. The number of nitrogens with zero attached hydrogens (tertiary/aromatic N) is 2. The number of aromatic nitrogens is 2. The summed E-state index contributed by atoms with van der Waals surface area (Å²) in [7, 11) is 0. The van der Waals surface area contributed by atoms with Crippen LogP contribution in [0.4, 0.5) is 13.2 Å². The van der Waals surface area contributed by atoms with Crippen LogP contribution in [-0.2, 0) is 18.7 Å². The lowest BCUT2D eigenvalue weighted by Crippen LogP contribution is -2.37. The van der Waals surface area contributed by atoms with E-state index in [0.717, 1.165) is 6.07 Å². The second kappa shape index (κ2) is 7.79. The molecule has 27 heavy (non-hydrogen) atoms. The van der Waals surface area contributed by atoms with E-state index in [0.29, 0.717) is 23.0 Å². The molecule has 0 aliphatic rings. The maximum Gasteiger partial charge on any atom is 0.240 e. The Bertz CT molecular complexity index is 911. The summed E-state index contributed by atoms with van der Waals surface area (Å²) in [5.74, 6) is -0.518. The summed E-state index contributed by atoms with van der Waals surface area (Å²) in [5.41, 5.74) is -0.458. The lowest BCUT2D eigenvalue weighted by atomic mass is 9.93. The minimum atomic E-state index is -0.781. The molecule has 0 aliphatic carbocycles. The maximum atomic E-state index is 14.0. The maximum absolute atomic E-state index is 14.0. The van der Waals surface area contributed by atoms with Crippen molar-refractivity contribution in [3.63, 3.8) is 0 Å². The van der Waals surface area contributed by atoms with Crippen molar-refractivity contribution in [1.82, 2.24) is 15.5 Å². The molecule has 1 aromatic heterocycles. The van der Waals surface area contributed by atoms with Gasteiger partial charge in [-0.2, -0.15) is 4.98 Å². The summed E-state index contributed by atoms with van der Waals surface area (Å²) in [5, 5.41) is 6.91. The molecule has 0 saturated heterocycles. The summed E-state index contributed by atoms with van der Waals surface area (Å²) < 4.78 is 50.5. The van der Waals surface area contributed by atoms with Crippen molar-refractivity contribution < 1.29 is 22.4 Å². The van der Waals surface area contributed by atoms with E-state index < -0.39 is 17.2 Å². The molecule has 0 aliphatic heterocycles. The molecule has 1 N–H and O–H groups in total. The smallest absolute Gasteiger partial charge is 0.240 e. The molecule has 0 fully saturated rings. The Labute approximate surface area is 154 Å². The van der Waals surface area contributed by atoms with Gasteiger partial charge in [0.05, 0.1) is 6.54 Å². The van der Waals surface area contributed by atoms with Crippen molar-refractivity contribution in [1.29, 1.82) is 0 Å². The SMILES string of the molecule is CC(C)(NCc1nc(COc2ccc(F)cc2)no1)c1ccc(F)cc1F. The van der Waals surface area contributed by atoms with E-state index in [2.05, 4.69) is 15.5 Å². The van der Waals surface area contributed by atoms with Gasteiger partial charge in [0.2, 0.25) is 11.7 Å². The number of rotatable bonds is 7. The van der Waals surface area contributed by atoms with Crippen molar-refractivity contribution in [2.24, 2.45) is 0 Å². The normalized spacial score (nSPS) is 11.6. The fraction of sp³-hybridized carbons (Fsp3) is 0.263. The Morgan fingerprint density at radius 3 is 2.44 bits per heavy atom. The van der Waals surface area contributed by atoms with Crippen LogP contribution in [-0.4, -0.2) is 10.1 Å². The zero-order valence-electron chi connectivity index (χ0n) is 14.8. The molecule has 8 heteroatoms. The molecule has 0 bridgehead atoms. The number of ether oxygens (including phenoxy) is 1. The lowest BCUT2D eigenvalue weighted by molar-refractivity contribution is 0.282. The van der Waals surface area contributed by atoms with Gasteiger partial charge in [-0.1, -0.05) is 11.2 Å². The van der Waals surface area contributed by atoms with Gasteiger partial charge in [-0.05, 0) is 44.2 Å². The van der Waals surface area contributed by atoms with Crippen LogP contribution < -0.4 is 10.1 Å².